The standard InChI is InChI=1S/C12H15F2NO4S/c1-9-4-3-5-10(6-9)20(17,18)15-8-12(13,14)7-11(16)19-2/h3-6,15H,7-8H2,1-2H3. The fourth-order valence-electron chi connectivity index (χ4n) is 1.41. The summed E-state index contributed by atoms with van der Waals surface area (Å²) >= 11 is 0. The van der Waals surface area contributed by atoms with E-state index in [0.29, 0.717) is 5.56 Å². The predicted molar refractivity (Wildman–Crippen MR) is 67.9 cm³/mol. The molecule has 0 saturated heterocycles. The summed E-state index contributed by atoms with van der Waals surface area (Å²) in [6, 6.07) is 5.86. The monoisotopic (exact) mass is 307 g/mol. The molecule has 0 atom stereocenters. The summed E-state index contributed by atoms with van der Waals surface area (Å²) in [5.74, 6) is -4.62. The number of rotatable bonds is 6. The van der Waals surface area contributed by atoms with E-state index in [-0.39, 0.29) is 4.90 Å². The minimum absolute atomic E-state index is 0.105. The molecule has 0 fully saturated rings. The molecular weight excluding hydrogens is 292 g/mol. The average Bonchev–Trinajstić information content (AvgIpc) is 2.36. The number of benzene rings is 1. The Labute approximate surface area is 116 Å². The first-order valence-electron chi connectivity index (χ1n) is 5.67. The molecule has 8 heteroatoms. The van der Waals surface area contributed by atoms with Crippen LogP contribution >= 0.6 is 0 Å². The van der Waals surface area contributed by atoms with Gasteiger partial charge in [0.15, 0.2) is 0 Å². The number of nitrogens with one attached hydrogen (secondary N) is 1. The predicted octanol–water partition coefficient (Wildman–Crippen LogP) is 1.47. The lowest BCUT2D eigenvalue weighted by molar-refractivity contribution is -0.148. The first-order valence-corrected chi connectivity index (χ1v) is 7.15. The zero-order chi connectivity index (χ0) is 15.4. The van der Waals surface area contributed by atoms with Gasteiger partial charge in [0.1, 0.15) is 6.42 Å². The summed E-state index contributed by atoms with van der Waals surface area (Å²) in [7, 11) is -3.06. The molecule has 0 spiro atoms. The molecule has 0 aliphatic heterocycles. The maximum atomic E-state index is 13.4. The highest BCUT2D eigenvalue weighted by Crippen LogP contribution is 2.19. The summed E-state index contributed by atoms with van der Waals surface area (Å²) in [6.07, 6.45) is -1.18. The molecular formula is C12H15F2NO4S. The Bertz CT molecular complexity index is 587. The van der Waals surface area contributed by atoms with Gasteiger partial charge in [-0.3, -0.25) is 4.79 Å². The van der Waals surface area contributed by atoms with Crippen molar-refractivity contribution in [2.75, 3.05) is 13.7 Å². The second kappa shape index (κ2) is 6.27. The highest BCUT2D eigenvalue weighted by Gasteiger charge is 2.34. The van der Waals surface area contributed by atoms with Crippen LogP contribution in [0.1, 0.15) is 12.0 Å². The second-order valence-electron chi connectivity index (χ2n) is 4.25. The molecule has 0 heterocycles. The molecule has 0 radical (unpaired) electrons. The Kier molecular flexibility index (Phi) is 5.18. The molecule has 0 aliphatic rings. The highest BCUT2D eigenvalue weighted by atomic mass is 32.2. The maximum absolute atomic E-state index is 13.4. The number of methoxy groups -OCH3 is 1. The average molecular weight is 307 g/mol. The number of halogens is 2. The Morgan fingerprint density at radius 2 is 2.05 bits per heavy atom. The van der Waals surface area contributed by atoms with Gasteiger partial charge < -0.3 is 4.74 Å². The lowest BCUT2D eigenvalue weighted by atomic mass is 10.2. The highest BCUT2D eigenvalue weighted by molar-refractivity contribution is 7.89. The van der Waals surface area contributed by atoms with Gasteiger partial charge in [-0.05, 0) is 24.6 Å². The molecule has 0 amide bonds. The maximum Gasteiger partial charge on any atom is 0.311 e. The fourth-order valence-corrected chi connectivity index (χ4v) is 2.58. The van der Waals surface area contributed by atoms with Crippen molar-refractivity contribution in [2.45, 2.75) is 24.2 Å². The summed E-state index contributed by atoms with van der Waals surface area (Å²) in [6.45, 7) is 0.517. The number of carbonyl (C=O) groups is 1. The largest absolute Gasteiger partial charge is 0.469 e. The number of ether oxygens (including phenoxy) is 1. The van der Waals surface area contributed by atoms with Crippen LogP contribution in [0.3, 0.4) is 0 Å². The van der Waals surface area contributed by atoms with Crippen molar-refractivity contribution in [3.8, 4) is 0 Å². The van der Waals surface area contributed by atoms with E-state index in [1.165, 1.54) is 18.2 Å². The van der Waals surface area contributed by atoms with Crippen LogP contribution in [0.5, 0.6) is 0 Å². The van der Waals surface area contributed by atoms with Crippen LogP contribution < -0.4 is 4.72 Å². The Morgan fingerprint density at radius 1 is 1.40 bits per heavy atom. The molecule has 1 N–H and O–H groups in total. The molecule has 1 rings (SSSR count). The molecule has 0 unspecified atom stereocenters. The lowest BCUT2D eigenvalue weighted by Gasteiger charge is -2.16. The van der Waals surface area contributed by atoms with E-state index in [0.717, 1.165) is 7.11 Å². The van der Waals surface area contributed by atoms with Crippen LogP contribution in [0, 0.1) is 6.92 Å². The third-order valence-electron chi connectivity index (χ3n) is 2.45. The van der Waals surface area contributed by atoms with E-state index in [1.807, 2.05) is 0 Å². The molecule has 0 saturated carbocycles. The van der Waals surface area contributed by atoms with Gasteiger partial charge in [-0.2, -0.15) is 0 Å². The molecule has 112 valence electrons. The SMILES string of the molecule is COC(=O)CC(F)(F)CNS(=O)(=O)c1cccc(C)c1. The fraction of sp³-hybridized carbons (Fsp3) is 0.417. The van der Waals surface area contributed by atoms with E-state index in [4.69, 9.17) is 0 Å². The molecule has 1 aromatic carbocycles. The Balaban J connectivity index is 2.75. The summed E-state index contributed by atoms with van der Waals surface area (Å²) in [5.41, 5.74) is 0.689. The van der Waals surface area contributed by atoms with E-state index in [2.05, 4.69) is 4.74 Å². The zero-order valence-corrected chi connectivity index (χ0v) is 11.8. The molecule has 0 aliphatic carbocycles. The summed E-state index contributed by atoms with van der Waals surface area (Å²) in [4.78, 5) is 10.7. The zero-order valence-electron chi connectivity index (χ0n) is 11.0. The van der Waals surface area contributed by atoms with Gasteiger partial charge in [0.25, 0.3) is 5.92 Å². The van der Waals surface area contributed by atoms with E-state index < -0.39 is 34.9 Å². The van der Waals surface area contributed by atoms with Crippen molar-refractivity contribution < 1.29 is 26.7 Å². The number of alkyl halides is 2. The summed E-state index contributed by atoms with van der Waals surface area (Å²) in [5, 5.41) is 0. The lowest BCUT2D eigenvalue weighted by Crippen LogP contribution is -2.38. The van der Waals surface area contributed by atoms with E-state index >= 15 is 0 Å². The molecule has 0 aromatic heterocycles. The molecule has 0 bridgehead atoms. The smallest absolute Gasteiger partial charge is 0.311 e. The van der Waals surface area contributed by atoms with Crippen molar-refractivity contribution in [1.29, 1.82) is 0 Å². The van der Waals surface area contributed by atoms with Crippen molar-refractivity contribution in [2.24, 2.45) is 0 Å². The van der Waals surface area contributed by atoms with Gasteiger partial charge >= 0.3 is 5.97 Å². The molecule has 1 aromatic rings. The van der Waals surface area contributed by atoms with Gasteiger partial charge in [0.2, 0.25) is 10.0 Å². The van der Waals surface area contributed by atoms with Crippen molar-refractivity contribution in [3.63, 3.8) is 0 Å². The van der Waals surface area contributed by atoms with Gasteiger partial charge in [0, 0.05) is 0 Å². The molecule has 5 nitrogen and oxygen atoms in total. The summed E-state index contributed by atoms with van der Waals surface area (Å²) < 4.78 is 56.3. The van der Waals surface area contributed by atoms with Crippen LogP contribution in [-0.2, 0) is 19.6 Å². The number of sulfonamides is 1. The van der Waals surface area contributed by atoms with Crippen molar-refractivity contribution in [3.05, 3.63) is 29.8 Å². The van der Waals surface area contributed by atoms with Crippen LogP contribution in [-0.4, -0.2) is 34.0 Å². The van der Waals surface area contributed by atoms with Gasteiger partial charge in [-0.15, -0.1) is 0 Å². The minimum Gasteiger partial charge on any atom is -0.469 e. The van der Waals surface area contributed by atoms with Crippen LogP contribution in [0.25, 0.3) is 0 Å². The number of esters is 1. The normalized spacial score (nSPS) is 12.2. The first-order chi connectivity index (χ1) is 9.16. The van der Waals surface area contributed by atoms with Crippen molar-refractivity contribution >= 4 is 16.0 Å². The van der Waals surface area contributed by atoms with Gasteiger partial charge in [-0.1, -0.05) is 12.1 Å². The third kappa shape index (κ3) is 4.86. The van der Waals surface area contributed by atoms with Crippen LogP contribution in [0.15, 0.2) is 29.2 Å². The minimum atomic E-state index is -4.04. The second-order valence-corrected chi connectivity index (χ2v) is 6.02. The molecule has 20 heavy (non-hydrogen) atoms. The topological polar surface area (TPSA) is 72.5 Å². The van der Waals surface area contributed by atoms with E-state index in [1.54, 1.807) is 17.7 Å². The Morgan fingerprint density at radius 3 is 2.60 bits per heavy atom. The quantitative estimate of drug-likeness (QED) is 0.808. The number of hydrogen-bond acceptors (Lipinski definition) is 4. The van der Waals surface area contributed by atoms with Crippen LogP contribution in [0.2, 0.25) is 0 Å². The van der Waals surface area contributed by atoms with Crippen LogP contribution in [0.4, 0.5) is 8.78 Å². The van der Waals surface area contributed by atoms with Gasteiger partial charge in [-0.25, -0.2) is 21.9 Å². The Hall–Kier alpha value is -1.54. The van der Waals surface area contributed by atoms with E-state index in [9.17, 15) is 22.0 Å². The third-order valence-corrected chi connectivity index (χ3v) is 3.85. The number of carbonyl (C=O) groups excluding carboxylic acids is 1. The number of aryl methyl sites for hydroxylation is 1. The van der Waals surface area contributed by atoms with Crippen molar-refractivity contribution in [1.82, 2.24) is 4.72 Å². The van der Waals surface area contributed by atoms with Gasteiger partial charge in [0.05, 0.1) is 18.6 Å². The number of hydrogen-bond donors (Lipinski definition) is 1. The first kappa shape index (κ1) is 16.5.